The van der Waals surface area contributed by atoms with Crippen LogP contribution in [0.15, 0.2) is 54.7 Å². The number of ether oxygens (including phenoxy) is 1. The van der Waals surface area contributed by atoms with Crippen molar-refractivity contribution in [2.75, 3.05) is 6.61 Å². The highest BCUT2D eigenvalue weighted by atomic mass is 19.1. The van der Waals surface area contributed by atoms with Gasteiger partial charge in [-0.1, -0.05) is 35.5 Å². The summed E-state index contributed by atoms with van der Waals surface area (Å²) in [5.74, 6) is 0.483. The highest BCUT2D eigenvalue weighted by Crippen LogP contribution is 2.21. The number of hydrogen-bond acceptors (Lipinski definition) is 3. The fourth-order valence-corrected chi connectivity index (χ4v) is 2.60. The van der Waals surface area contributed by atoms with Crippen molar-refractivity contribution in [3.63, 3.8) is 0 Å². The van der Waals surface area contributed by atoms with Crippen molar-refractivity contribution in [1.29, 1.82) is 0 Å². The maximum Gasteiger partial charge on any atom is 0.123 e. The fraction of sp³-hybridized carbons (Fsp3) is 0.263. The van der Waals surface area contributed by atoms with Crippen LogP contribution in [-0.4, -0.2) is 21.6 Å². The molecule has 1 heterocycles. The fourth-order valence-electron chi connectivity index (χ4n) is 2.60. The summed E-state index contributed by atoms with van der Waals surface area (Å²) in [6, 6.07) is 14.7. The summed E-state index contributed by atoms with van der Waals surface area (Å²) in [6.45, 7) is 3.17. The third kappa shape index (κ3) is 4.19. The van der Waals surface area contributed by atoms with Crippen molar-refractivity contribution >= 4 is 0 Å². The Bertz CT molecular complexity index is 786. The van der Waals surface area contributed by atoms with E-state index in [9.17, 15) is 4.39 Å². The molecule has 0 aliphatic carbocycles. The molecule has 0 atom stereocenters. The minimum absolute atomic E-state index is 0.249. The SMILES string of the molecule is CCOc1ccc(F)cc1CCc1cn(Cc2ccccc2)nn1. The van der Waals surface area contributed by atoms with E-state index in [0.29, 0.717) is 26.0 Å². The first kappa shape index (κ1) is 16.2. The van der Waals surface area contributed by atoms with Gasteiger partial charge in [0.15, 0.2) is 0 Å². The van der Waals surface area contributed by atoms with Gasteiger partial charge in [0.05, 0.1) is 18.8 Å². The van der Waals surface area contributed by atoms with Gasteiger partial charge in [0, 0.05) is 6.20 Å². The molecular weight excluding hydrogens is 305 g/mol. The minimum Gasteiger partial charge on any atom is -0.494 e. The van der Waals surface area contributed by atoms with E-state index in [1.165, 1.54) is 17.7 Å². The number of aromatic nitrogens is 3. The van der Waals surface area contributed by atoms with Crippen LogP contribution in [0.5, 0.6) is 5.75 Å². The number of halogens is 1. The van der Waals surface area contributed by atoms with E-state index in [0.717, 1.165) is 17.0 Å². The number of aryl methyl sites for hydroxylation is 2. The molecule has 4 nitrogen and oxygen atoms in total. The summed E-state index contributed by atoms with van der Waals surface area (Å²) in [6.07, 6.45) is 3.29. The van der Waals surface area contributed by atoms with Crippen LogP contribution in [0.2, 0.25) is 0 Å². The molecule has 0 aliphatic heterocycles. The summed E-state index contributed by atoms with van der Waals surface area (Å²) >= 11 is 0. The number of nitrogens with zero attached hydrogens (tertiary/aromatic N) is 3. The molecule has 0 radical (unpaired) electrons. The first-order valence-corrected chi connectivity index (χ1v) is 8.08. The molecule has 0 saturated heterocycles. The van der Waals surface area contributed by atoms with Crippen LogP contribution in [0, 0.1) is 5.82 Å². The van der Waals surface area contributed by atoms with Crippen molar-refractivity contribution in [1.82, 2.24) is 15.0 Å². The van der Waals surface area contributed by atoms with Crippen LogP contribution in [0.1, 0.15) is 23.7 Å². The van der Waals surface area contributed by atoms with Crippen LogP contribution >= 0.6 is 0 Å². The Labute approximate surface area is 140 Å². The van der Waals surface area contributed by atoms with Crippen LogP contribution in [0.3, 0.4) is 0 Å². The molecule has 0 spiro atoms. The second-order valence-electron chi connectivity index (χ2n) is 5.58. The van der Waals surface area contributed by atoms with E-state index >= 15 is 0 Å². The molecule has 124 valence electrons. The summed E-state index contributed by atoms with van der Waals surface area (Å²) in [5.41, 5.74) is 2.92. The highest BCUT2D eigenvalue weighted by molar-refractivity contribution is 5.34. The number of benzene rings is 2. The summed E-state index contributed by atoms with van der Waals surface area (Å²) in [4.78, 5) is 0. The lowest BCUT2D eigenvalue weighted by Gasteiger charge is -2.09. The van der Waals surface area contributed by atoms with Crippen LogP contribution in [-0.2, 0) is 19.4 Å². The Morgan fingerprint density at radius 2 is 1.92 bits per heavy atom. The molecule has 0 fully saturated rings. The highest BCUT2D eigenvalue weighted by Gasteiger charge is 2.08. The van der Waals surface area contributed by atoms with Crippen molar-refractivity contribution in [2.45, 2.75) is 26.3 Å². The van der Waals surface area contributed by atoms with Gasteiger partial charge in [-0.25, -0.2) is 9.07 Å². The topological polar surface area (TPSA) is 39.9 Å². The summed E-state index contributed by atoms with van der Waals surface area (Å²) in [7, 11) is 0. The van der Waals surface area contributed by atoms with Crippen molar-refractivity contribution in [3.8, 4) is 5.75 Å². The number of rotatable bonds is 7. The quantitative estimate of drug-likeness (QED) is 0.666. The Morgan fingerprint density at radius 3 is 2.71 bits per heavy atom. The third-order valence-electron chi connectivity index (χ3n) is 3.75. The lowest BCUT2D eigenvalue weighted by atomic mass is 10.1. The second-order valence-corrected chi connectivity index (χ2v) is 5.58. The van der Waals surface area contributed by atoms with Gasteiger partial charge in [-0.15, -0.1) is 5.10 Å². The zero-order chi connectivity index (χ0) is 16.8. The Kier molecular flexibility index (Phi) is 5.21. The molecule has 0 amide bonds. The van der Waals surface area contributed by atoms with E-state index in [1.54, 1.807) is 6.07 Å². The molecule has 0 bridgehead atoms. The van der Waals surface area contributed by atoms with E-state index < -0.39 is 0 Å². The van der Waals surface area contributed by atoms with Gasteiger partial charge in [-0.2, -0.15) is 0 Å². The normalized spacial score (nSPS) is 10.8. The summed E-state index contributed by atoms with van der Waals surface area (Å²) < 4.78 is 20.8. The van der Waals surface area contributed by atoms with Gasteiger partial charge in [-0.3, -0.25) is 0 Å². The average molecular weight is 325 g/mol. The molecule has 0 N–H and O–H groups in total. The van der Waals surface area contributed by atoms with Gasteiger partial charge in [0.25, 0.3) is 0 Å². The van der Waals surface area contributed by atoms with E-state index in [2.05, 4.69) is 22.4 Å². The predicted molar refractivity (Wildman–Crippen MR) is 90.5 cm³/mol. The van der Waals surface area contributed by atoms with Crippen molar-refractivity contribution < 1.29 is 9.13 Å². The maximum absolute atomic E-state index is 13.5. The molecule has 5 heteroatoms. The van der Waals surface area contributed by atoms with Gasteiger partial charge in [0.1, 0.15) is 11.6 Å². The van der Waals surface area contributed by atoms with E-state index in [-0.39, 0.29) is 5.82 Å². The van der Waals surface area contributed by atoms with Gasteiger partial charge in [0.2, 0.25) is 0 Å². The van der Waals surface area contributed by atoms with Crippen LogP contribution in [0.4, 0.5) is 4.39 Å². The lowest BCUT2D eigenvalue weighted by molar-refractivity contribution is 0.335. The zero-order valence-corrected chi connectivity index (χ0v) is 13.7. The molecule has 24 heavy (non-hydrogen) atoms. The summed E-state index contributed by atoms with van der Waals surface area (Å²) in [5, 5.41) is 8.37. The molecule has 3 rings (SSSR count). The smallest absolute Gasteiger partial charge is 0.123 e. The van der Waals surface area contributed by atoms with E-state index in [4.69, 9.17) is 4.74 Å². The van der Waals surface area contributed by atoms with E-state index in [1.807, 2.05) is 36.0 Å². The molecule has 0 aliphatic rings. The molecule has 2 aromatic carbocycles. The predicted octanol–water partition coefficient (Wildman–Crippen LogP) is 3.65. The molecule has 1 aromatic heterocycles. The van der Waals surface area contributed by atoms with Gasteiger partial charge in [-0.05, 0) is 49.1 Å². The zero-order valence-electron chi connectivity index (χ0n) is 13.7. The Morgan fingerprint density at radius 1 is 1.08 bits per heavy atom. The minimum atomic E-state index is -0.249. The third-order valence-corrected chi connectivity index (χ3v) is 3.75. The first-order chi connectivity index (χ1) is 11.7. The second kappa shape index (κ2) is 7.73. The van der Waals surface area contributed by atoms with Gasteiger partial charge >= 0.3 is 0 Å². The van der Waals surface area contributed by atoms with Crippen molar-refractivity contribution in [3.05, 3.63) is 77.4 Å². The Balaban J connectivity index is 1.64. The average Bonchev–Trinajstić information content (AvgIpc) is 3.03. The van der Waals surface area contributed by atoms with Crippen LogP contribution in [0.25, 0.3) is 0 Å². The largest absolute Gasteiger partial charge is 0.494 e. The number of hydrogen-bond donors (Lipinski definition) is 0. The molecule has 0 unspecified atom stereocenters. The van der Waals surface area contributed by atoms with Gasteiger partial charge < -0.3 is 4.74 Å². The first-order valence-electron chi connectivity index (χ1n) is 8.08. The molecule has 3 aromatic rings. The lowest BCUT2D eigenvalue weighted by Crippen LogP contribution is -2.00. The molecule has 0 saturated carbocycles. The van der Waals surface area contributed by atoms with Crippen LogP contribution < -0.4 is 4.74 Å². The maximum atomic E-state index is 13.5. The van der Waals surface area contributed by atoms with Crippen molar-refractivity contribution in [2.24, 2.45) is 0 Å². The monoisotopic (exact) mass is 325 g/mol. The standard InChI is InChI=1S/C19H20FN3O/c1-2-24-19-11-9-17(20)12-16(19)8-10-18-14-23(22-21-18)13-15-6-4-3-5-7-15/h3-7,9,11-12,14H,2,8,10,13H2,1H3. The molecular formula is C19H20FN3O. The Hall–Kier alpha value is -2.69.